The van der Waals surface area contributed by atoms with E-state index in [1.165, 1.54) is 6.07 Å². The number of aromatic amines is 1. The lowest BCUT2D eigenvalue weighted by molar-refractivity contribution is -0.266. The van der Waals surface area contributed by atoms with Gasteiger partial charge in [-0.1, -0.05) is 38.1 Å². The number of aromatic hydroxyl groups is 1. The Hall–Kier alpha value is -4.07. The van der Waals surface area contributed by atoms with Crippen LogP contribution < -0.4 is 4.90 Å². The molecule has 0 amide bonds. The second-order valence-corrected chi connectivity index (χ2v) is 11.2. The zero-order valence-electron chi connectivity index (χ0n) is 22.8. The molecule has 0 radical (unpaired) electrons. The number of aliphatic hydroxyl groups is 1. The molecule has 0 saturated carbocycles. The molecule has 4 aromatic rings. The molecule has 1 atom stereocenters. The minimum atomic E-state index is -4.96. The van der Waals surface area contributed by atoms with Gasteiger partial charge in [0, 0.05) is 36.2 Å². The number of aromatic nitrogens is 2. The summed E-state index contributed by atoms with van der Waals surface area (Å²) in [6, 6.07) is 17.0. The van der Waals surface area contributed by atoms with E-state index in [1.807, 2.05) is 6.07 Å². The van der Waals surface area contributed by atoms with Gasteiger partial charge in [-0.2, -0.15) is 18.4 Å². The Kier molecular flexibility index (Phi) is 7.45. The number of H-pyrrole nitrogens is 1. The fourth-order valence-electron chi connectivity index (χ4n) is 5.62. The molecule has 3 N–H and O–H groups in total. The Morgan fingerprint density at radius 2 is 1.80 bits per heavy atom. The maximum Gasteiger partial charge on any atom is 0.417 e. The second kappa shape index (κ2) is 10.7. The average Bonchev–Trinajstić information content (AvgIpc) is 3.34. The molecule has 2 aromatic carbocycles. The van der Waals surface area contributed by atoms with E-state index in [0.29, 0.717) is 59.7 Å². The SMILES string of the molecule is CC(C)(CC(O)(Cc1cc2cc(N3CCOCC3)ncc2[nH]1)C(F)(F)F)c1cc(-c2ccccc2C#N)ccc1O. The van der Waals surface area contributed by atoms with Crippen LogP contribution in [0.3, 0.4) is 0 Å². The normalized spacial score (nSPS) is 16.0. The average molecular weight is 565 g/mol. The van der Waals surface area contributed by atoms with Crippen molar-refractivity contribution in [3.05, 3.63) is 77.6 Å². The highest BCUT2D eigenvalue weighted by molar-refractivity contribution is 5.82. The fraction of sp³-hybridized carbons (Fsp3) is 0.355. The van der Waals surface area contributed by atoms with Crippen LogP contribution in [0.1, 0.15) is 37.1 Å². The van der Waals surface area contributed by atoms with E-state index in [9.17, 15) is 28.6 Å². The molecule has 2 aromatic heterocycles. The second-order valence-electron chi connectivity index (χ2n) is 11.2. The number of hydrogen-bond acceptors (Lipinski definition) is 6. The zero-order chi connectivity index (χ0) is 29.4. The number of pyridine rings is 1. The minimum Gasteiger partial charge on any atom is -0.508 e. The topological polar surface area (TPSA) is 105 Å². The third-order valence-corrected chi connectivity index (χ3v) is 7.71. The smallest absolute Gasteiger partial charge is 0.417 e. The number of anilines is 1. The summed E-state index contributed by atoms with van der Waals surface area (Å²) in [4.78, 5) is 9.49. The summed E-state index contributed by atoms with van der Waals surface area (Å²) >= 11 is 0. The molecular formula is C31H31F3N4O3. The summed E-state index contributed by atoms with van der Waals surface area (Å²) in [6.07, 6.45) is -4.80. The van der Waals surface area contributed by atoms with Crippen molar-refractivity contribution in [3.8, 4) is 22.9 Å². The van der Waals surface area contributed by atoms with Gasteiger partial charge in [-0.15, -0.1) is 0 Å². The maximum absolute atomic E-state index is 14.5. The van der Waals surface area contributed by atoms with Crippen LogP contribution in [-0.2, 0) is 16.6 Å². The van der Waals surface area contributed by atoms with E-state index >= 15 is 0 Å². The molecule has 0 aliphatic carbocycles. The van der Waals surface area contributed by atoms with Crippen molar-refractivity contribution >= 4 is 16.7 Å². The maximum atomic E-state index is 14.5. The van der Waals surface area contributed by atoms with Gasteiger partial charge in [0.2, 0.25) is 0 Å². The van der Waals surface area contributed by atoms with E-state index in [0.717, 1.165) is 0 Å². The predicted molar refractivity (Wildman–Crippen MR) is 150 cm³/mol. The summed E-state index contributed by atoms with van der Waals surface area (Å²) in [5, 5.41) is 32.1. The van der Waals surface area contributed by atoms with E-state index in [4.69, 9.17) is 4.74 Å². The van der Waals surface area contributed by atoms with Crippen LogP contribution in [0.25, 0.3) is 22.0 Å². The number of ether oxygens (including phenoxy) is 1. The largest absolute Gasteiger partial charge is 0.508 e. The minimum absolute atomic E-state index is 0.190. The number of alkyl halides is 3. The van der Waals surface area contributed by atoms with Crippen LogP contribution >= 0.6 is 0 Å². The number of nitriles is 1. The number of benzene rings is 2. The molecule has 1 aliphatic rings. The molecule has 10 heteroatoms. The highest BCUT2D eigenvalue weighted by atomic mass is 19.4. The molecular weight excluding hydrogens is 533 g/mol. The van der Waals surface area contributed by atoms with Gasteiger partial charge < -0.3 is 24.8 Å². The van der Waals surface area contributed by atoms with Gasteiger partial charge >= 0.3 is 6.18 Å². The van der Waals surface area contributed by atoms with Crippen molar-refractivity contribution in [3.63, 3.8) is 0 Å². The van der Waals surface area contributed by atoms with Gasteiger partial charge in [-0.3, -0.25) is 0 Å². The van der Waals surface area contributed by atoms with Crippen LogP contribution in [0, 0.1) is 11.3 Å². The molecule has 0 spiro atoms. The number of rotatable bonds is 7. The monoisotopic (exact) mass is 564 g/mol. The molecule has 0 bridgehead atoms. The quantitative estimate of drug-likeness (QED) is 0.260. The Morgan fingerprint density at radius 3 is 2.51 bits per heavy atom. The first-order valence-corrected chi connectivity index (χ1v) is 13.3. The number of halogens is 3. The Morgan fingerprint density at radius 1 is 1.07 bits per heavy atom. The van der Waals surface area contributed by atoms with Gasteiger partial charge in [-0.05, 0) is 53.3 Å². The van der Waals surface area contributed by atoms with E-state index < -0.39 is 30.0 Å². The molecule has 41 heavy (non-hydrogen) atoms. The summed E-state index contributed by atoms with van der Waals surface area (Å²) in [5.74, 6) is 0.525. The molecule has 214 valence electrons. The first-order chi connectivity index (χ1) is 19.4. The number of phenolic OH excluding ortho intramolecular Hbond substituents is 1. The van der Waals surface area contributed by atoms with Crippen LogP contribution in [-0.4, -0.2) is 58.3 Å². The number of morpholine rings is 1. The third-order valence-electron chi connectivity index (χ3n) is 7.71. The van der Waals surface area contributed by atoms with Crippen LogP contribution in [0.5, 0.6) is 5.75 Å². The summed E-state index contributed by atoms with van der Waals surface area (Å²) < 4.78 is 49.0. The van der Waals surface area contributed by atoms with Crippen molar-refractivity contribution in [2.45, 2.75) is 43.9 Å². The van der Waals surface area contributed by atoms with Crippen molar-refractivity contribution in [2.24, 2.45) is 0 Å². The molecule has 1 fully saturated rings. The van der Waals surface area contributed by atoms with Crippen LogP contribution in [0.4, 0.5) is 19.0 Å². The van der Waals surface area contributed by atoms with Crippen molar-refractivity contribution < 1.29 is 28.1 Å². The van der Waals surface area contributed by atoms with Crippen molar-refractivity contribution in [2.75, 3.05) is 31.2 Å². The summed E-state index contributed by atoms with van der Waals surface area (Å²) in [5.41, 5.74) is -1.80. The molecule has 7 nitrogen and oxygen atoms in total. The molecule has 1 aliphatic heterocycles. The highest BCUT2D eigenvalue weighted by Crippen LogP contribution is 2.46. The number of phenols is 1. The van der Waals surface area contributed by atoms with E-state index in [-0.39, 0.29) is 17.0 Å². The summed E-state index contributed by atoms with van der Waals surface area (Å²) in [7, 11) is 0. The van der Waals surface area contributed by atoms with Gasteiger partial charge in [0.15, 0.2) is 5.60 Å². The number of hydrogen-bond donors (Lipinski definition) is 3. The fourth-order valence-corrected chi connectivity index (χ4v) is 5.62. The van der Waals surface area contributed by atoms with Crippen LogP contribution in [0.15, 0.2) is 60.8 Å². The lowest BCUT2D eigenvalue weighted by Crippen LogP contribution is -2.50. The summed E-state index contributed by atoms with van der Waals surface area (Å²) in [6.45, 7) is 5.63. The van der Waals surface area contributed by atoms with E-state index in [1.54, 1.807) is 62.5 Å². The van der Waals surface area contributed by atoms with Gasteiger partial charge in [0.25, 0.3) is 0 Å². The Bertz CT molecular complexity index is 1600. The predicted octanol–water partition coefficient (Wildman–Crippen LogP) is 5.85. The number of fused-ring (bicyclic) bond motifs is 1. The lowest BCUT2D eigenvalue weighted by atomic mass is 9.72. The number of nitrogens with zero attached hydrogens (tertiary/aromatic N) is 3. The third kappa shape index (κ3) is 5.73. The van der Waals surface area contributed by atoms with Crippen molar-refractivity contribution in [1.29, 1.82) is 5.26 Å². The lowest BCUT2D eigenvalue weighted by Gasteiger charge is -2.38. The first kappa shape index (κ1) is 28.5. The van der Waals surface area contributed by atoms with Gasteiger partial charge in [0.05, 0.1) is 36.6 Å². The van der Waals surface area contributed by atoms with Gasteiger partial charge in [-0.25, -0.2) is 4.98 Å². The van der Waals surface area contributed by atoms with Gasteiger partial charge in [0.1, 0.15) is 11.6 Å². The molecule has 1 unspecified atom stereocenters. The number of nitrogens with one attached hydrogen (secondary N) is 1. The Labute approximate surface area is 235 Å². The van der Waals surface area contributed by atoms with Crippen LogP contribution in [0.2, 0.25) is 0 Å². The molecule has 1 saturated heterocycles. The zero-order valence-corrected chi connectivity index (χ0v) is 22.8. The first-order valence-electron chi connectivity index (χ1n) is 13.3. The Balaban J connectivity index is 1.46. The molecule has 3 heterocycles. The van der Waals surface area contributed by atoms with Crippen molar-refractivity contribution in [1.82, 2.24) is 9.97 Å². The standard InChI is InChI=1S/C31H31F3N4O3/c1-29(2,25-14-20(7-8-27(25)39)24-6-4-3-5-21(24)17-35)19-30(40,31(32,33)34)16-23-13-22-15-28(36-18-26(22)37-23)38-9-11-41-12-10-38/h3-8,13-15,18,37,39-40H,9-12,16,19H2,1-2H3. The molecule has 5 rings (SSSR count). The highest BCUT2D eigenvalue weighted by Gasteiger charge is 2.56. The van der Waals surface area contributed by atoms with E-state index in [2.05, 4.69) is 20.9 Å².